The third kappa shape index (κ3) is 2.11. The lowest BCUT2D eigenvalue weighted by molar-refractivity contribution is -0.164. The highest BCUT2D eigenvalue weighted by Gasteiger charge is 2.68. The molecule has 0 saturated heterocycles. The molecule has 3 heteroatoms. The van der Waals surface area contributed by atoms with Gasteiger partial charge in [0.25, 0.3) is 0 Å². The van der Waals surface area contributed by atoms with E-state index in [-0.39, 0.29) is 23.6 Å². The van der Waals surface area contributed by atoms with Crippen molar-refractivity contribution in [1.82, 2.24) is 0 Å². The van der Waals surface area contributed by atoms with Crippen molar-refractivity contribution in [3.05, 3.63) is 0 Å². The van der Waals surface area contributed by atoms with Gasteiger partial charge in [-0.25, -0.2) is 0 Å². The molecule has 5 aliphatic rings. The van der Waals surface area contributed by atoms with Crippen LogP contribution in [0.2, 0.25) is 0 Å². The van der Waals surface area contributed by atoms with E-state index in [4.69, 9.17) is 4.74 Å². The largest absolute Gasteiger partial charge is 0.462 e. The first-order chi connectivity index (χ1) is 11.9. The first kappa shape index (κ1) is 16.6. The molecule has 0 aliphatic heterocycles. The molecule has 5 rings (SSSR count). The van der Waals surface area contributed by atoms with Crippen molar-refractivity contribution >= 4 is 5.97 Å². The number of aliphatic hydroxyl groups excluding tert-OH is 1. The van der Waals surface area contributed by atoms with Crippen LogP contribution in [-0.4, -0.2) is 23.3 Å². The van der Waals surface area contributed by atoms with Gasteiger partial charge in [0, 0.05) is 12.3 Å². The highest BCUT2D eigenvalue weighted by molar-refractivity contribution is 5.66. The van der Waals surface area contributed by atoms with E-state index in [1.165, 1.54) is 38.5 Å². The Balaban J connectivity index is 1.43. The second-order valence-corrected chi connectivity index (χ2v) is 10.5. The van der Waals surface area contributed by atoms with Gasteiger partial charge in [0.15, 0.2) is 0 Å². The van der Waals surface area contributed by atoms with Crippen LogP contribution >= 0.6 is 0 Å². The minimum absolute atomic E-state index is 0.0201. The van der Waals surface area contributed by atoms with Crippen molar-refractivity contribution in [2.24, 2.45) is 46.3 Å². The molecule has 140 valence electrons. The van der Waals surface area contributed by atoms with Crippen LogP contribution in [0.25, 0.3) is 0 Å². The monoisotopic (exact) mass is 346 g/mol. The number of hydrogen-bond donors (Lipinski definition) is 1. The molecule has 0 heterocycles. The van der Waals surface area contributed by atoms with Crippen molar-refractivity contribution in [3.8, 4) is 0 Å². The number of ether oxygens (including phenoxy) is 1. The maximum absolute atomic E-state index is 11.6. The molecule has 1 N–H and O–H groups in total. The molecule has 5 saturated carbocycles. The predicted molar refractivity (Wildman–Crippen MR) is 95.7 cm³/mol. The Morgan fingerprint density at radius 3 is 2.52 bits per heavy atom. The summed E-state index contributed by atoms with van der Waals surface area (Å²) in [6, 6.07) is 0. The first-order valence-corrected chi connectivity index (χ1v) is 10.7. The quantitative estimate of drug-likeness (QED) is 0.725. The van der Waals surface area contributed by atoms with E-state index in [0.717, 1.165) is 42.4 Å². The second-order valence-electron chi connectivity index (χ2n) is 10.5. The van der Waals surface area contributed by atoms with E-state index >= 15 is 0 Å². The summed E-state index contributed by atoms with van der Waals surface area (Å²) in [5.74, 6) is 4.40. The number of rotatable bonds is 1. The summed E-state index contributed by atoms with van der Waals surface area (Å²) in [6.45, 7) is 6.56. The minimum atomic E-state index is -0.105. The van der Waals surface area contributed by atoms with Gasteiger partial charge in [0.1, 0.15) is 6.10 Å². The molecule has 0 amide bonds. The lowest BCUT2D eigenvalue weighted by Crippen LogP contribution is -2.55. The van der Waals surface area contributed by atoms with E-state index in [0.29, 0.717) is 11.3 Å². The fourth-order valence-corrected chi connectivity index (χ4v) is 8.59. The third-order valence-corrected chi connectivity index (χ3v) is 9.84. The van der Waals surface area contributed by atoms with Crippen LogP contribution in [-0.2, 0) is 9.53 Å². The van der Waals surface area contributed by atoms with Gasteiger partial charge in [-0.3, -0.25) is 4.79 Å². The predicted octanol–water partition coefficient (Wildman–Crippen LogP) is 4.18. The van der Waals surface area contributed by atoms with Crippen molar-refractivity contribution in [1.29, 1.82) is 0 Å². The summed E-state index contributed by atoms with van der Waals surface area (Å²) in [4.78, 5) is 11.6. The summed E-state index contributed by atoms with van der Waals surface area (Å²) in [6.07, 6.45) is 9.93. The maximum atomic E-state index is 11.6. The van der Waals surface area contributed by atoms with E-state index < -0.39 is 0 Å². The molecule has 5 aliphatic carbocycles. The van der Waals surface area contributed by atoms with Gasteiger partial charge in [-0.15, -0.1) is 0 Å². The SMILES string of the molecule is CC(=O)O[C@H]1CCC2[C@@H]3CCC4C[C@@H](O)[C@H]5C[C@H]5[C@]4(C)[C@H]3CC[C@@]21C. The molecule has 0 spiro atoms. The first-order valence-electron chi connectivity index (χ1n) is 10.7. The molecule has 10 atom stereocenters. The number of carbonyl (C=O) groups is 1. The Morgan fingerprint density at radius 1 is 0.960 bits per heavy atom. The molecule has 25 heavy (non-hydrogen) atoms. The maximum Gasteiger partial charge on any atom is 0.302 e. The molecule has 0 radical (unpaired) electrons. The average Bonchev–Trinajstić information content (AvgIpc) is 3.30. The number of fused-ring (bicyclic) bond motifs is 7. The molecule has 0 aromatic rings. The van der Waals surface area contributed by atoms with E-state index in [1.807, 2.05) is 0 Å². The Hall–Kier alpha value is -0.570. The fourth-order valence-electron chi connectivity index (χ4n) is 8.59. The topological polar surface area (TPSA) is 46.5 Å². The van der Waals surface area contributed by atoms with Gasteiger partial charge in [-0.2, -0.15) is 0 Å². The van der Waals surface area contributed by atoms with E-state index in [1.54, 1.807) is 6.92 Å². The van der Waals surface area contributed by atoms with E-state index in [9.17, 15) is 9.90 Å². The van der Waals surface area contributed by atoms with Crippen molar-refractivity contribution in [2.75, 3.05) is 0 Å². The molecule has 3 nitrogen and oxygen atoms in total. The summed E-state index contributed by atoms with van der Waals surface area (Å²) < 4.78 is 5.77. The second kappa shape index (κ2) is 5.24. The fraction of sp³-hybridized carbons (Fsp3) is 0.955. The van der Waals surface area contributed by atoms with Crippen LogP contribution in [0.5, 0.6) is 0 Å². The smallest absolute Gasteiger partial charge is 0.302 e. The molecule has 0 aromatic heterocycles. The van der Waals surface area contributed by atoms with Gasteiger partial charge in [-0.1, -0.05) is 13.8 Å². The standard InChI is InChI=1S/C22H34O3/c1-12(23)25-20-7-6-16-14-5-4-13-10-19(24)15-11-18(15)22(13,3)17(14)8-9-21(16,20)2/h13-20,24H,4-11H2,1-3H3/t13?,14-,15-,16?,17-,18+,19+,20-,21-,22-/m0/s1. The van der Waals surface area contributed by atoms with Crippen LogP contribution in [0.1, 0.15) is 72.1 Å². The number of hydrogen-bond acceptors (Lipinski definition) is 3. The summed E-state index contributed by atoms with van der Waals surface area (Å²) >= 11 is 0. The van der Waals surface area contributed by atoms with Gasteiger partial charge in [0.05, 0.1) is 6.10 Å². The van der Waals surface area contributed by atoms with Crippen LogP contribution < -0.4 is 0 Å². The van der Waals surface area contributed by atoms with Crippen LogP contribution in [0.15, 0.2) is 0 Å². The van der Waals surface area contributed by atoms with Gasteiger partial charge in [-0.05, 0) is 92.3 Å². The molecule has 5 fully saturated rings. The number of carbonyl (C=O) groups excluding carboxylic acids is 1. The Morgan fingerprint density at radius 2 is 1.76 bits per heavy atom. The number of aliphatic hydroxyl groups is 1. The summed E-state index contributed by atoms with van der Waals surface area (Å²) in [5.41, 5.74) is 0.667. The summed E-state index contributed by atoms with van der Waals surface area (Å²) in [5, 5.41) is 10.4. The number of esters is 1. The zero-order valence-electron chi connectivity index (χ0n) is 16.0. The van der Waals surface area contributed by atoms with Gasteiger partial charge in [0.2, 0.25) is 0 Å². The summed E-state index contributed by atoms with van der Waals surface area (Å²) in [7, 11) is 0. The van der Waals surface area contributed by atoms with Gasteiger partial charge < -0.3 is 9.84 Å². The molecule has 2 unspecified atom stereocenters. The van der Waals surface area contributed by atoms with Crippen LogP contribution in [0.3, 0.4) is 0 Å². The van der Waals surface area contributed by atoms with Crippen molar-refractivity contribution in [3.63, 3.8) is 0 Å². The molecular weight excluding hydrogens is 312 g/mol. The lowest BCUT2D eigenvalue weighted by Gasteiger charge is -2.60. The van der Waals surface area contributed by atoms with Crippen molar-refractivity contribution in [2.45, 2.75) is 84.3 Å². The van der Waals surface area contributed by atoms with Crippen molar-refractivity contribution < 1.29 is 14.6 Å². The average molecular weight is 347 g/mol. The Kier molecular flexibility index (Phi) is 3.48. The minimum Gasteiger partial charge on any atom is -0.462 e. The van der Waals surface area contributed by atoms with Gasteiger partial charge >= 0.3 is 5.97 Å². The third-order valence-electron chi connectivity index (χ3n) is 9.84. The molecule has 0 bridgehead atoms. The molecular formula is C22H34O3. The zero-order valence-corrected chi connectivity index (χ0v) is 16.0. The Bertz CT molecular complexity index is 588. The molecule has 0 aromatic carbocycles. The Labute approximate surface area is 151 Å². The van der Waals surface area contributed by atoms with E-state index in [2.05, 4.69) is 13.8 Å². The normalized spacial score (nSPS) is 59.2. The highest BCUT2D eigenvalue weighted by atomic mass is 16.5. The lowest BCUT2D eigenvalue weighted by atomic mass is 9.45. The highest BCUT2D eigenvalue weighted by Crippen LogP contribution is 2.72. The van der Waals surface area contributed by atoms with Crippen LogP contribution in [0, 0.1) is 46.3 Å². The zero-order chi connectivity index (χ0) is 17.6. The van der Waals surface area contributed by atoms with Crippen LogP contribution in [0.4, 0.5) is 0 Å².